The molecule has 0 fully saturated rings. The molecule has 2 aromatic heterocycles. The van der Waals surface area contributed by atoms with Crippen LogP contribution in [0.15, 0.2) is 44.1 Å². The lowest BCUT2D eigenvalue weighted by Gasteiger charge is -2.11. The van der Waals surface area contributed by atoms with Crippen LogP contribution in [0.25, 0.3) is 10.2 Å². The van der Waals surface area contributed by atoms with E-state index >= 15 is 0 Å². The number of carbonyl (C=O) groups is 1. The Bertz CT molecular complexity index is 997. The number of anilines is 1. The summed E-state index contributed by atoms with van der Waals surface area (Å²) in [6.07, 6.45) is 0. The predicted molar refractivity (Wildman–Crippen MR) is 108 cm³/mol. The summed E-state index contributed by atoms with van der Waals surface area (Å²) < 4.78 is 3.10. The molecule has 0 aliphatic rings. The molecule has 0 saturated heterocycles. The van der Waals surface area contributed by atoms with Crippen molar-refractivity contribution in [1.29, 1.82) is 0 Å². The Morgan fingerprint density at radius 3 is 2.92 bits per heavy atom. The number of nitrogens with one attached hydrogen (secondary N) is 1. The summed E-state index contributed by atoms with van der Waals surface area (Å²) in [5.74, 6) is 0.0412. The van der Waals surface area contributed by atoms with Gasteiger partial charge in [-0.1, -0.05) is 17.8 Å². The van der Waals surface area contributed by atoms with E-state index in [-0.39, 0.29) is 17.2 Å². The van der Waals surface area contributed by atoms with Crippen LogP contribution >= 0.6 is 39.0 Å². The Labute approximate surface area is 161 Å². The molecule has 0 aliphatic heterocycles. The minimum absolute atomic E-state index is 0.0494. The summed E-state index contributed by atoms with van der Waals surface area (Å²) in [7, 11) is 0. The zero-order valence-corrected chi connectivity index (χ0v) is 16.9. The molecule has 3 rings (SSSR count). The standard InChI is InChI=1S/C17H16BrN3O2S2/c1-3-21-16(23)15-13(6-7-24-15)20-17(21)25-9-14(22)19-12-5-4-10(2)8-11(12)18/h4-8H,3,9H2,1-2H3,(H,19,22). The van der Waals surface area contributed by atoms with Gasteiger partial charge in [0.15, 0.2) is 5.16 Å². The van der Waals surface area contributed by atoms with Crippen molar-refractivity contribution in [3.05, 3.63) is 50.0 Å². The van der Waals surface area contributed by atoms with Crippen LogP contribution in [0.2, 0.25) is 0 Å². The lowest BCUT2D eigenvalue weighted by Crippen LogP contribution is -2.22. The van der Waals surface area contributed by atoms with Gasteiger partial charge in [0.25, 0.3) is 5.56 Å². The van der Waals surface area contributed by atoms with E-state index in [0.717, 1.165) is 15.7 Å². The van der Waals surface area contributed by atoms with Crippen molar-refractivity contribution >= 4 is 60.8 Å². The molecule has 1 aromatic carbocycles. The van der Waals surface area contributed by atoms with Gasteiger partial charge < -0.3 is 5.32 Å². The molecule has 25 heavy (non-hydrogen) atoms. The quantitative estimate of drug-likeness (QED) is 0.477. The van der Waals surface area contributed by atoms with Crippen molar-refractivity contribution in [2.75, 3.05) is 11.1 Å². The largest absolute Gasteiger partial charge is 0.324 e. The molecule has 8 heteroatoms. The Kier molecular flexibility index (Phi) is 5.61. The van der Waals surface area contributed by atoms with E-state index in [1.807, 2.05) is 43.5 Å². The smallest absolute Gasteiger partial charge is 0.272 e. The number of fused-ring (bicyclic) bond motifs is 1. The Morgan fingerprint density at radius 2 is 2.20 bits per heavy atom. The fraction of sp³-hybridized carbons (Fsp3) is 0.235. The minimum atomic E-state index is -0.142. The highest BCUT2D eigenvalue weighted by Gasteiger charge is 2.13. The second-order valence-electron chi connectivity index (χ2n) is 5.40. The highest BCUT2D eigenvalue weighted by molar-refractivity contribution is 9.10. The molecule has 0 spiro atoms. The third-order valence-electron chi connectivity index (χ3n) is 3.58. The van der Waals surface area contributed by atoms with Crippen molar-refractivity contribution < 1.29 is 4.79 Å². The van der Waals surface area contributed by atoms with Crippen LogP contribution < -0.4 is 10.9 Å². The Morgan fingerprint density at radius 1 is 1.40 bits per heavy atom. The normalized spacial score (nSPS) is 11.0. The maximum absolute atomic E-state index is 12.5. The lowest BCUT2D eigenvalue weighted by atomic mass is 10.2. The number of amides is 1. The molecule has 0 atom stereocenters. The maximum Gasteiger partial charge on any atom is 0.272 e. The highest BCUT2D eigenvalue weighted by atomic mass is 79.9. The van der Waals surface area contributed by atoms with Crippen LogP contribution in [0.4, 0.5) is 5.69 Å². The van der Waals surface area contributed by atoms with Gasteiger partial charge in [-0.25, -0.2) is 4.98 Å². The zero-order valence-electron chi connectivity index (χ0n) is 13.7. The maximum atomic E-state index is 12.5. The minimum Gasteiger partial charge on any atom is -0.324 e. The lowest BCUT2D eigenvalue weighted by molar-refractivity contribution is -0.113. The average Bonchev–Trinajstić information content (AvgIpc) is 3.04. The molecule has 5 nitrogen and oxygen atoms in total. The molecular formula is C17H16BrN3O2S2. The third kappa shape index (κ3) is 3.96. The Balaban J connectivity index is 1.75. The molecule has 0 radical (unpaired) electrons. The van der Waals surface area contributed by atoms with Crippen LogP contribution in [-0.4, -0.2) is 21.2 Å². The number of halogens is 1. The molecule has 1 N–H and O–H groups in total. The van der Waals surface area contributed by atoms with E-state index in [1.54, 1.807) is 4.57 Å². The molecule has 1 amide bonds. The molecule has 130 valence electrons. The first-order valence-corrected chi connectivity index (χ1v) is 10.3. The van der Waals surface area contributed by atoms with Gasteiger partial charge in [-0.2, -0.15) is 0 Å². The van der Waals surface area contributed by atoms with E-state index in [1.165, 1.54) is 23.1 Å². The molecule has 0 saturated carbocycles. The van der Waals surface area contributed by atoms with Crippen LogP contribution in [0.3, 0.4) is 0 Å². The number of thiophene rings is 1. The summed E-state index contributed by atoms with van der Waals surface area (Å²) in [5, 5.41) is 5.29. The number of aromatic nitrogens is 2. The van der Waals surface area contributed by atoms with Gasteiger partial charge in [0.05, 0.1) is 17.0 Å². The van der Waals surface area contributed by atoms with Crippen LogP contribution in [0.1, 0.15) is 12.5 Å². The van der Waals surface area contributed by atoms with E-state index in [4.69, 9.17) is 0 Å². The second-order valence-corrected chi connectivity index (χ2v) is 8.11. The first-order valence-electron chi connectivity index (χ1n) is 7.66. The van der Waals surface area contributed by atoms with Crippen molar-refractivity contribution in [3.8, 4) is 0 Å². The zero-order chi connectivity index (χ0) is 18.0. The summed E-state index contributed by atoms with van der Waals surface area (Å²) in [6, 6.07) is 7.58. The number of thioether (sulfide) groups is 1. The van der Waals surface area contributed by atoms with Crippen LogP contribution in [0, 0.1) is 6.92 Å². The van der Waals surface area contributed by atoms with Crippen molar-refractivity contribution in [2.45, 2.75) is 25.5 Å². The number of carbonyl (C=O) groups excluding carboxylic acids is 1. The van der Waals surface area contributed by atoms with Crippen LogP contribution in [0.5, 0.6) is 0 Å². The highest BCUT2D eigenvalue weighted by Crippen LogP contribution is 2.24. The first-order chi connectivity index (χ1) is 12.0. The van der Waals surface area contributed by atoms with E-state index in [9.17, 15) is 9.59 Å². The van der Waals surface area contributed by atoms with Gasteiger partial charge in [-0.05, 0) is 58.9 Å². The molecule has 2 heterocycles. The van der Waals surface area contributed by atoms with Gasteiger partial charge in [-0.15, -0.1) is 11.3 Å². The number of hydrogen-bond donors (Lipinski definition) is 1. The fourth-order valence-corrected chi connectivity index (χ4v) is 4.58. The summed E-state index contributed by atoms with van der Waals surface area (Å²) in [4.78, 5) is 29.2. The third-order valence-corrected chi connectivity index (χ3v) is 6.10. The molecule has 3 aromatic rings. The molecular weight excluding hydrogens is 422 g/mol. The number of aryl methyl sites for hydroxylation is 1. The van der Waals surface area contributed by atoms with Crippen molar-refractivity contribution in [3.63, 3.8) is 0 Å². The first kappa shape index (κ1) is 18.2. The number of hydrogen-bond acceptors (Lipinski definition) is 5. The Hall–Kier alpha value is -1.64. The van der Waals surface area contributed by atoms with Gasteiger partial charge in [-0.3, -0.25) is 14.2 Å². The second kappa shape index (κ2) is 7.72. The number of nitrogens with zero attached hydrogens (tertiary/aromatic N) is 2. The van der Waals surface area contributed by atoms with E-state index < -0.39 is 0 Å². The van der Waals surface area contributed by atoms with Gasteiger partial charge in [0, 0.05) is 11.0 Å². The van der Waals surface area contributed by atoms with Crippen molar-refractivity contribution in [2.24, 2.45) is 0 Å². The number of rotatable bonds is 5. The van der Waals surface area contributed by atoms with E-state index in [2.05, 4.69) is 26.2 Å². The molecule has 0 bridgehead atoms. The van der Waals surface area contributed by atoms with Crippen LogP contribution in [-0.2, 0) is 11.3 Å². The van der Waals surface area contributed by atoms with Crippen molar-refractivity contribution in [1.82, 2.24) is 9.55 Å². The fourth-order valence-electron chi connectivity index (χ4n) is 2.35. The molecule has 0 aliphatic carbocycles. The predicted octanol–water partition coefficient (Wildman–Crippen LogP) is 4.28. The summed E-state index contributed by atoms with van der Waals surface area (Å²) in [6.45, 7) is 4.41. The monoisotopic (exact) mass is 437 g/mol. The summed E-state index contributed by atoms with van der Waals surface area (Å²) >= 11 is 6.11. The average molecular weight is 438 g/mol. The van der Waals surface area contributed by atoms with Gasteiger partial charge in [0.1, 0.15) is 4.70 Å². The number of benzene rings is 1. The van der Waals surface area contributed by atoms with Gasteiger partial charge >= 0.3 is 0 Å². The van der Waals surface area contributed by atoms with E-state index in [0.29, 0.717) is 21.9 Å². The summed E-state index contributed by atoms with van der Waals surface area (Å²) in [5.41, 5.74) is 2.47. The topological polar surface area (TPSA) is 64.0 Å². The van der Waals surface area contributed by atoms with Gasteiger partial charge in [0.2, 0.25) is 5.91 Å². The molecule has 0 unspecified atom stereocenters. The SMILES string of the molecule is CCn1c(SCC(=O)Nc2ccc(C)cc2Br)nc2ccsc2c1=O.